The lowest BCUT2D eigenvalue weighted by Gasteiger charge is -2.11. The van der Waals surface area contributed by atoms with Gasteiger partial charge in [-0.2, -0.15) is 0 Å². The molecule has 1 unspecified atom stereocenters. The molecule has 0 radical (unpaired) electrons. The van der Waals surface area contributed by atoms with Crippen molar-refractivity contribution in [3.8, 4) is 22.8 Å². The highest BCUT2D eigenvalue weighted by Gasteiger charge is 2.14. The highest BCUT2D eigenvalue weighted by Crippen LogP contribution is 2.33. The highest BCUT2D eigenvalue weighted by atomic mass is 16.5. The van der Waals surface area contributed by atoms with E-state index in [2.05, 4.69) is 17.2 Å². The van der Waals surface area contributed by atoms with Crippen LogP contribution in [0.3, 0.4) is 0 Å². The molecule has 6 heteroatoms. The van der Waals surface area contributed by atoms with Gasteiger partial charge in [0.15, 0.2) is 11.7 Å². The first kappa shape index (κ1) is 18.8. The van der Waals surface area contributed by atoms with Crippen LogP contribution in [-0.4, -0.2) is 31.2 Å². The van der Waals surface area contributed by atoms with Gasteiger partial charge in [0.2, 0.25) is 5.91 Å². The van der Waals surface area contributed by atoms with Crippen molar-refractivity contribution in [1.82, 2.24) is 10.3 Å². The van der Waals surface area contributed by atoms with Crippen LogP contribution in [-0.2, 0) is 11.2 Å². The number of oxazole rings is 1. The number of hydrogen-bond acceptors (Lipinski definition) is 5. The summed E-state index contributed by atoms with van der Waals surface area (Å²) in [5, 5.41) is 2.98. The van der Waals surface area contributed by atoms with Gasteiger partial charge in [-0.15, -0.1) is 0 Å². The molecule has 6 nitrogen and oxygen atoms in total. The van der Waals surface area contributed by atoms with Crippen LogP contribution in [0.4, 0.5) is 0 Å². The van der Waals surface area contributed by atoms with Gasteiger partial charge in [0.25, 0.3) is 0 Å². The molecule has 2 rings (SSSR count). The average Bonchev–Trinajstić information content (AvgIpc) is 3.08. The molecule has 1 aromatic heterocycles. The Morgan fingerprint density at radius 2 is 2.12 bits per heavy atom. The van der Waals surface area contributed by atoms with E-state index in [1.54, 1.807) is 26.5 Å². The summed E-state index contributed by atoms with van der Waals surface area (Å²) in [5.74, 6) is 2.51. The summed E-state index contributed by atoms with van der Waals surface area (Å²) in [6.07, 6.45) is 4.49. The van der Waals surface area contributed by atoms with Crippen LogP contribution in [0, 0.1) is 0 Å². The topological polar surface area (TPSA) is 73.6 Å². The van der Waals surface area contributed by atoms with E-state index in [9.17, 15) is 4.79 Å². The lowest BCUT2D eigenvalue weighted by atomic mass is 10.1. The number of carbonyl (C=O) groups excluding carboxylic acids is 1. The zero-order valence-electron chi connectivity index (χ0n) is 15.3. The quantitative estimate of drug-likeness (QED) is 0.751. The largest absolute Gasteiger partial charge is 0.497 e. The number of methoxy groups -OCH3 is 2. The molecule has 1 atom stereocenters. The van der Waals surface area contributed by atoms with E-state index in [-0.39, 0.29) is 11.9 Å². The Morgan fingerprint density at radius 3 is 2.80 bits per heavy atom. The second-order valence-electron chi connectivity index (χ2n) is 5.94. The van der Waals surface area contributed by atoms with Gasteiger partial charge in [-0.3, -0.25) is 4.79 Å². The van der Waals surface area contributed by atoms with Gasteiger partial charge >= 0.3 is 0 Å². The lowest BCUT2D eigenvalue weighted by Crippen LogP contribution is -2.32. The molecular formula is C19H26N2O4. The number of nitrogens with zero attached hydrogens (tertiary/aromatic N) is 1. The van der Waals surface area contributed by atoms with E-state index >= 15 is 0 Å². The summed E-state index contributed by atoms with van der Waals surface area (Å²) in [6, 6.07) is 5.69. The highest BCUT2D eigenvalue weighted by molar-refractivity contribution is 5.76. The third-order valence-corrected chi connectivity index (χ3v) is 3.92. The molecule has 2 aromatic rings. The molecule has 0 aliphatic carbocycles. The SMILES string of the molecule is CCCC(C)NC(=O)CCc1ncc(-c2ccc(OC)cc2OC)o1. The molecule has 25 heavy (non-hydrogen) atoms. The molecule has 0 aliphatic rings. The van der Waals surface area contributed by atoms with E-state index in [1.165, 1.54) is 0 Å². The molecule has 1 N–H and O–H groups in total. The smallest absolute Gasteiger partial charge is 0.220 e. The summed E-state index contributed by atoms with van der Waals surface area (Å²) < 4.78 is 16.4. The standard InChI is InChI=1S/C19H26N2O4/c1-5-6-13(2)21-18(22)9-10-19-20-12-17(25-19)15-8-7-14(23-3)11-16(15)24-4/h7-8,11-13H,5-6,9-10H2,1-4H3,(H,21,22). The number of aryl methyl sites for hydroxylation is 1. The maximum atomic E-state index is 11.9. The number of amides is 1. The first-order valence-electron chi connectivity index (χ1n) is 8.53. The number of nitrogens with one attached hydrogen (secondary N) is 1. The van der Waals surface area contributed by atoms with E-state index in [0.29, 0.717) is 36.0 Å². The Hall–Kier alpha value is -2.50. The molecule has 0 spiro atoms. The van der Waals surface area contributed by atoms with Crippen LogP contribution in [0.25, 0.3) is 11.3 Å². The second kappa shape index (κ2) is 9.11. The molecule has 0 saturated carbocycles. The minimum atomic E-state index is 0.0164. The normalized spacial score (nSPS) is 11.8. The Bertz CT molecular complexity index is 696. The van der Waals surface area contributed by atoms with Gasteiger partial charge in [-0.25, -0.2) is 4.98 Å². The Balaban J connectivity index is 1.99. The van der Waals surface area contributed by atoms with Crippen molar-refractivity contribution in [2.24, 2.45) is 0 Å². The predicted octanol–water partition coefficient (Wildman–Crippen LogP) is 3.60. The molecule has 0 bridgehead atoms. The summed E-state index contributed by atoms with van der Waals surface area (Å²) in [4.78, 5) is 16.2. The Kier molecular flexibility index (Phi) is 6.86. The number of rotatable bonds is 9. The van der Waals surface area contributed by atoms with Crippen LogP contribution in [0.15, 0.2) is 28.8 Å². The maximum Gasteiger partial charge on any atom is 0.220 e. The minimum absolute atomic E-state index is 0.0164. The fraction of sp³-hybridized carbons (Fsp3) is 0.474. The molecule has 1 amide bonds. The number of aromatic nitrogens is 1. The van der Waals surface area contributed by atoms with Crippen molar-refractivity contribution >= 4 is 5.91 Å². The van der Waals surface area contributed by atoms with Crippen LogP contribution in [0.2, 0.25) is 0 Å². The summed E-state index contributed by atoms with van der Waals surface area (Å²) in [5.41, 5.74) is 0.795. The molecule has 0 fully saturated rings. The average molecular weight is 346 g/mol. The Morgan fingerprint density at radius 1 is 1.32 bits per heavy atom. The van der Waals surface area contributed by atoms with Gasteiger partial charge < -0.3 is 19.2 Å². The zero-order valence-corrected chi connectivity index (χ0v) is 15.3. The third kappa shape index (κ3) is 5.24. The monoisotopic (exact) mass is 346 g/mol. The van der Waals surface area contributed by atoms with Crippen LogP contribution in [0.1, 0.15) is 39.0 Å². The first-order valence-corrected chi connectivity index (χ1v) is 8.53. The van der Waals surface area contributed by atoms with Crippen molar-refractivity contribution in [2.75, 3.05) is 14.2 Å². The molecule has 0 aliphatic heterocycles. The van der Waals surface area contributed by atoms with Gasteiger partial charge in [-0.05, 0) is 25.5 Å². The van der Waals surface area contributed by atoms with Gasteiger partial charge in [0.05, 0.1) is 26.0 Å². The van der Waals surface area contributed by atoms with E-state index in [1.807, 2.05) is 19.1 Å². The summed E-state index contributed by atoms with van der Waals surface area (Å²) >= 11 is 0. The van der Waals surface area contributed by atoms with E-state index < -0.39 is 0 Å². The second-order valence-corrected chi connectivity index (χ2v) is 5.94. The molecular weight excluding hydrogens is 320 g/mol. The maximum absolute atomic E-state index is 11.9. The van der Waals surface area contributed by atoms with Crippen molar-refractivity contribution in [2.45, 2.75) is 45.6 Å². The van der Waals surface area contributed by atoms with Crippen LogP contribution < -0.4 is 14.8 Å². The fourth-order valence-electron chi connectivity index (χ4n) is 2.63. The van der Waals surface area contributed by atoms with E-state index in [4.69, 9.17) is 13.9 Å². The number of benzene rings is 1. The van der Waals surface area contributed by atoms with Crippen LogP contribution >= 0.6 is 0 Å². The number of carbonyl (C=O) groups is 1. The summed E-state index contributed by atoms with van der Waals surface area (Å²) in [7, 11) is 3.20. The molecule has 0 saturated heterocycles. The van der Waals surface area contributed by atoms with Crippen molar-refractivity contribution < 1.29 is 18.7 Å². The van der Waals surface area contributed by atoms with Gasteiger partial charge in [0, 0.05) is 24.9 Å². The minimum Gasteiger partial charge on any atom is -0.497 e. The van der Waals surface area contributed by atoms with Crippen LogP contribution in [0.5, 0.6) is 11.5 Å². The van der Waals surface area contributed by atoms with Crippen molar-refractivity contribution in [3.63, 3.8) is 0 Å². The first-order chi connectivity index (χ1) is 12.1. The summed E-state index contributed by atoms with van der Waals surface area (Å²) in [6.45, 7) is 4.12. The molecule has 136 valence electrons. The van der Waals surface area contributed by atoms with E-state index in [0.717, 1.165) is 18.4 Å². The number of ether oxygens (including phenoxy) is 2. The van der Waals surface area contributed by atoms with Crippen molar-refractivity contribution in [3.05, 3.63) is 30.3 Å². The van der Waals surface area contributed by atoms with Crippen molar-refractivity contribution in [1.29, 1.82) is 0 Å². The zero-order chi connectivity index (χ0) is 18.2. The van der Waals surface area contributed by atoms with Gasteiger partial charge in [-0.1, -0.05) is 13.3 Å². The molecule has 1 heterocycles. The van der Waals surface area contributed by atoms with Gasteiger partial charge in [0.1, 0.15) is 11.5 Å². The number of hydrogen-bond donors (Lipinski definition) is 1. The third-order valence-electron chi connectivity index (χ3n) is 3.92. The Labute approximate surface area is 148 Å². The fourth-order valence-corrected chi connectivity index (χ4v) is 2.63. The predicted molar refractivity (Wildman–Crippen MR) is 95.9 cm³/mol. The molecule has 1 aromatic carbocycles. The lowest BCUT2D eigenvalue weighted by molar-refractivity contribution is -0.121.